The number of amides is 3. The zero-order valence-electron chi connectivity index (χ0n) is 22.0. The van der Waals surface area contributed by atoms with Crippen molar-refractivity contribution < 1.29 is 14.1 Å². The first-order valence-electron chi connectivity index (χ1n) is 12.8. The number of nitrogens with one attached hydrogen (secondary N) is 3. The molecule has 0 bridgehead atoms. The van der Waals surface area contributed by atoms with Gasteiger partial charge in [-0.3, -0.25) is 15.1 Å². The predicted octanol–water partition coefficient (Wildman–Crippen LogP) is 5.54. The molecule has 0 atom stereocenters. The van der Waals surface area contributed by atoms with Crippen molar-refractivity contribution in [1.82, 2.24) is 15.0 Å². The summed E-state index contributed by atoms with van der Waals surface area (Å²) in [6, 6.07) is 11.9. The smallest absolute Gasteiger partial charge is 0.324 e. The molecule has 1 saturated heterocycles. The summed E-state index contributed by atoms with van der Waals surface area (Å²) >= 11 is 0. The molecule has 3 heterocycles. The fraction of sp³-hybridized carbons (Fsp3) is 0.429. The van der Waals surface area contributed by atoms with E-state index in [9.17, 15) is 9.59 Å². The van der Waals surface area contributed by atoms with Crippen LogP contribution in [0.25, 0.3) is 0 Å². The summed E-state index contributed by atoms with van der Waals surface area (Å²) in [4.78, 5) is 31.8. The van der Waals surface area contributed by atoms with Crippen molar-refractivity contribution in [1.29, 1.82) is 0 Å². The van der Waals surface area contributed by atoms with Crippen LogP contribution in [0, 0.1) is 5.92 Å². The number of carbonyl (C=O) groups excluding carboxylic acids is 2. The topological polar surface area (TPSA) is 112 Å². The van der Waals surface area contributed by atoms with Crippen LogP contribution in [0.1, 0.15) is 62.3 Å². The molecule has 0 saturated carbocycles. The Morgan fingerprint density at radius 1 is 1.00 bits per heavy atom. The highest BCUT2D eigenvalue weighted by atomic mass is 16.5. The number of anilines is 3. The van der Waals surface area contributed by atoms with E-state index in [2.05, 4.69) is 37.9 Å². The minimum Gasteiger partial charge on any atom is -0.359 e. The molecule has 9 nitrogen and oxygen atoms in total. The van der Waals surface area contributed by atoms with Gasteiger partial charge in [0, 0.05) is 29.1 Å². The molecule has 4 rings (SSSR count). The van der Waals surface area contributed by atoms with Crippen molar-refractivity contribution >= 4 is 29.1 Å². The lowest BCUT2D eigenvalue weighted by Gasteiger charge is -2.31. The van der Waals surface area contributed by atoms with Crippen LogP contribution in [-0.4, -0.2) is 46.6 Å². The molecule has 0 unspecified atom stereocenters. The zero-order chi connectivity index (χ0) is 26.4. The lowest BCUT2D eigenvalue weighted by Crippen LogP contribution is -2.34. The van der Waals surface area contributed by atoms with Crippen molar-refractivity contribution in [2.24, 2.45) is 5.92 Å². The average molecular weight is 505 g/mol. The largest absolute Gasteiger partial charge is 0.359 e. The Labute approximate surface area is 218 Å². The molecule has 0 radical (unpaired) electrons. The molecule has 3 N–H and O–H groups in total. The van der Waals surface area contributed by atoms with Crippen LogP contribution in [-0.2, 0) is 11.8 Å². The van der Waals surface area contributed by atoms with Crippen LogP contribution in [0.4, 0.5) is 22.0 Å². The number of hydrogen-bond acceptors (Lipinski definition) is 6. The van der Waals surface area contributed by atoms with E-state index in [1.54, 1.807) is 36.4 Å². The number of benzene rings is 1. The monoisotopic (exact) mass is 504 g/mol. The van der Waals surface area contributed by atoms with E-state index in [1.807, 2.05) is 33.0 Å². The lowest BCUT2D eigenvalue weighted by molar-refractivity contribution is 0.102. The Morgan fingerprint density at radius 3 is 2.24 bits per heavy atom. The third-order valence-corrected chi connectivity index (χ3v) is 6.63. The number of piperidine rings is 1. The fourth-order valence-corrected chi connectivity index (χ4v) is 4.32. The summed E-state index contributed by atoms with van der Waals surface area (Å²) in [6.45, 7) is 11.7. The minimum atomic E-state index is -0.439. The summed E-state index contributed by atoms with van der Waals surface area (Å²) in [5.41, 5.74) is 2.51. The summed E-state index contributed by atoms with van der Waals surface area (Å²) in [6.07, 6.45) is 5.23. The average Bonchev–Trinajstić information content (AvgIpc) is 3.35. The first-order valence-corrected chi connectivity index (χ1v) is 12.8. The van der Waals surface area contributed by atoms with E-state index in [4.69, 9.17) is 4.52 Å². The Kier molecular flexibility index (Phi) is 8.23. The quantitative estimate of drug-likeness (QED) is 0.390. The first kappa shape index (κ1) is 26.3. The van der Waals surface area contributed by atoms with Gasteiger partial charge in [-0.05, 0) is 80.7 Å². The number of likely N-dealkylation sites (tertiary alicyclic amines) is 1. The molecule has 3 amide bonds. The van der Waals surface area contributed by atoms with Crippen LogP contribution < -0.4 is 16.0 Å². The van der Waals surface area contributed by atoms with Crippen LogP contribution in [0.3, 0.4) is 0 Å². The highest BCUT2D eigenvalue weighted by Gasteiger charge is 2.21. The Bertz CT molecular complexity index is 1190. The van der Waals surface area contributed by atoms with Gasteiger partial charge in [0.05, 0.1) is 0 Å². The molecule has 0 spiro atoms. The number of hydrogen-bond donors (Lipinski definition) is 3. The van der Waals surface area contributed by atoms with Crippen molar-refractivity contribution in [3.05, 3.63) is 65.7 Å². The molecule has 1 aliphatic rings. The number of carbonyl (C=O) groups is 2. The molecule has 37 heavy (non-hydrogen) atoms. The second-order valence-electron chi connectivity index (χ2n) is 10.6. The van der Waals surface area contributed by atoms with Gasteiger partial charge in [0.2, 0.25) is 0 Å². The molecule has 1 aromatic carbocycles. The molecule has 1 aliphatic heterocycles. The summed E-state index contributed by atoms with van der Waals surface area (Å²) in [7, 11) is 0. The van der Waals surface area contributed by atoms with Crippen molar-refractivity contribution in [2.45, 2.75) is 52.4 Å². The summed E-state index contributed by atoms with van der Waals surface area (Å²) < 4.78 is 5.28. The van der Waals surface area contributed by atoms with Crippen LogP contribution in [0.5, 0.6) is 0 Å². The maximum Gasteiger partial charge on any atom is 0.324 e. The summed E-state index contributed by atoms with van der Waals surface area (Å²) in [5, 5.41) is 12.1. The Hall–Kier alpha value is -3.72. The maximum atomic E-state index is 12.6. The first-order chi connectivity index (χ1) is 17.7. The van der Waals surface area contributed by atoms with Crippen LogP contribution >= 0.6 is 0 Å². The van der Waals surface area contributed by atoms with Crippen LogP contribution in [0.2, 0.25) is 0 Å². The van der Waals surface area contributed by atoms with Gasteiger partial charge >= 0.3 is 6.03 Å². The number of urea groups is 1. The molecular formula is C28H36N6O3. The molecule has 9 heteroatoms. The highest BCUT2D eigenvalue weighted by molar-refractivity contribution is 6.03. The zero-order valence-corrected chi connectivity index (χ0v) is 22.0. The molecule has 196 valence electrons. The second-order valence-corrected chi connectivity index (χ2v) is 10.6. The molecule has 2 aromatic heterocycles. The molecule has 0 aliphatic carbocycles. The SMILES string of the molecule is CCN1CCC(Cc2ccc(C(=O)Nc3ccc(NC(=O)Nc4cc(C(C)(C)C)on4)cc3)nc2)CC1. The van der Waals surface area contributed by atoms with Gasteiger partial charge in [-0.1, -0.05) is 38.9 Å². The maximum absolute atomic E-state index is 12.6. The standard InChI is InChI=1S/C28H36N6O3/c1-5-34-14-12-19(13-15-34)16-20-6-11-23(29-18-20)26(35)30-21-7-9-22(10-8-21)31-27(36)32-25-17-24(37-33-25)28(2,3)4/h6-11,17-19H,5,12-16H2,1-4H3,(H,30,35)(H2,31,32,33,36). The van der Waals surface area contributed by atoms with Crippen molar-refractivity contribution in [2.75, 3.05) is 35.6 Å². The van der Waals surface area contributed by atoms with Gasteiger partial charge < -0.3 is 20.1 Å². The lowest BCUT2D eigenvalue weighted by atomic mass is 9.91. The van der Waals surface area contributed by atoms with Crippen LogP contribution in [0.15, 0.2) is 53.2 Å². The van der Waals surface area contributed by atoms with Gasteiger partial charge in [-0.25, -0.2) is 4.79 Å². The van der Waals surface area contributed by atoms with Crippen molar-refractivity contribution in [3.8, 4) is 0 Å². The molecule has 3 aromatic rings. The van der Waals surface area contributed by atoms with E-state index in [0.717, 1.165) is 26.1 Å². The van der Waals surface area contributed by atoms with E-state index in [1.165, 1.54) is 18.4 Å². The third-order valence-electron chi connectivity index (χ3n) is 6.63. The number of rotatable bonds is 7. The van der Waals surface area contributed by atoms with Gasteiger partial charge in [-0.15, -0.1) is 0 Å². The minimum absolute atomic E-state index is 0.201. The number of aromatic nitrogens is 2. The Morgan fingerprint density at radius 2 is 1.68 bits per heavy atom. The van der Waals surface area contributed by atoms with Crippen molar-refractivity contribution in [3.63, 3.8) is 0 Å². The number of nitrogens with zero attached hydrogens (tertiary/aromatic N) is 3. The third kappa shape index (κ3) is 7.39. The van der Waals surface area contributed by atoms with Gasteiger partial charge in [0.1, 0.15) is 11.5 Å². The Balaban J connectivity index is 1.25. The normalized spacial score (nSPS) is 14.8. The summed E-state index contributed by atoms with van der Waals surface area (Å²) in [5.74, 6) is 1.42. The van der Waals surface area contributed by atoms with E-state index in [0.29, 0.717) is 34.6 Å². The fourth-order valence-electron chi connectivity index (χ4n) is 4.32. The van der Waals surface area contributed by atoms with E-state index >= 15 is 0 Å². The van der Waals surface area contributed by atoms with E-state index < -0.39 is 6.03 Å². The van der Waals surface area contributed by atoms with E-state index in [-0.39, 0.29) is 11.3 Å². The van der Waals surface area contributed by atoms with Gasteiger partial charge in [-0.2, -0.15) is 0 Å². The molecular weight excluding hydrogens is 468 g/mol. The second kappa shape index (κ2) is 11.6. The van der Waals surface area contributed by atoms with Gasteiger partial charge in [0.25, 0.3) is 5.91 Å². The highest BCUT2D eigenvalue weighted by Crippen LogP contribution is 2.25. The molecule has 1 fully saturated rings. The van der Waals surface area contributed by atoms with Gasteiger partial charge in [0.15, 0.2) is 5.82 Å². The predicted molar refractivity (Wildman–Crippen MR) is 145 cm³/mol. The number of pyridine rings is 1.